The number of carbonyl (C=O) groups excluding carboxylic acids is 1. The van der Waals surface area contributed by atoms with Gasteiger partial charge in [-0.3, -0.25) is 4.79 Å². The van der Waals surface area contributed by atoms with E-state index >= 15 is 0 Å². The number of halogens is 3. The van der Waals surface area contributed by atoms with Gasteiger partial charge >= 0.3 is 0 Å². The van der Waals surface area contributed by atoms with Gasteiger partial charge in [0.25, 0.3) is 0 Å². The van der Waals surface area contributed by atoms with Crippen molar-refractivity contribution in [3.8, 4) is 11.6 Å². The van der Waals surface area contributed by atoms with Gasteiger partial charge in [0.1, 0.15) is 5.75 Å². The van der Waals surface area contributed by atoms with E-state index in [1.807, 2.05) is 12.1 Å². The van der Waals surface area contributed by atoms with Crippen molar-refractivity contribution in [3.05, 3.63) is 47.6 Å². The lowest BCUT2D eigenvalue weighted by molar-refractivity contribution is -0.120. The highest BCUT2D eigenvalue weighted by Gasteiger charge is 2.20. The van der Waals surface area contributed by atoms with E-state index in [4.69, 9.17) is 16.3 Å². The fourth-order valence-corrected chi connectivity index (χ4v) is 2.58. The van der Waals surface area contributed by atoms with Gasteiger partial charge in [0, 0.05) is 24.5 Å². The third-order valence-electron chi connectivity index (χ3n) is 3.71. The summed E-state index contributed by atoms with van der Waals surface area (Å²) in [4.78, 5) is 16.2. The third-order valence-corrected chi connectivity index (χ3v) is 3.94. The number of ether oxygens (including phenoxy) is 1. The molecule has 1 aromatic heterocycles. The highest BCUT2D eigenvalue weighted by atomic mass is 35.5. The topological polar surface area (TPSA) is 63.2 Å². The van der Waals surface area contributed by atoms with Gasteiger partial charge in [-0.25, -0.2) is 4.98 Å². The number of benzene rings is 1. The van der Waals surface area contributed by atoms with Gasteiger partial charge in [-0.15, -0.1) is 24.8 Å². The number of piperidine rings is 1. The lowest BCUT2D eigenvalue weighted by Gasteiger charge is -2.21. The highest BCUT2D eigenvalue weighted by Crippen LogP contribution is 2.23. The molecule has 1 aliphatic heterocycles. The Morgan fingerprint density at radius 2 is 1.96 bits per heavy atom. The molecule has 2 aromatic rings. The average Bonchev–Trinajstić information content (AvgIpc) is 2.59. The van der Waals surface area contributed by atoms with Gasteiger partial charge in [-0.2, -0.15) is 0 Å². The summed E-state index contributed by atoms with van der Waals surface area (Å²) in [7, 11) is 0. The number of pyridine rings is 1. The van der Waals surface area contributed by atoms with Gasteiger partial charge in [-0.1, -0.05) is 11.6 Å². The minimum atomic E-state index is 0. The maximum Gasteiger partial charge on any atom is 0.228 e. The van der Waals surface area contributed by atoms with Gasteiger partial charge in [0.2, 0.25) is 11.8 Å². The molecular weight excluding hydrogens is 385 g/mol. The summed E-state index contributed by atoms with van der Waals surface area (Å²) in [5, 5.41) is 6.75. The molecule has 0 spiro atoms. The average molecular weight is 405 g/mol. The summed E-state index contributed by atoms with van der Waals surface area (Å²) >= 11 is 5.79. The van der Waals surface area contributed by atoms with Crippen LogP contribution in [0.4, 0.5) is 5.69 Å². The molecule has 5 nitrogen and oxygen atoms in total. The van der Waals surface area contributed by atoms with Crippen molar-refractivity contribution in [2.75, 3.05) is 18.4 Å². The molecule has 0 saturated carbocycles. The Hall–Kier alpha value is -1.53. The zero-order chi connectivity index (χ0) is 16.1. The first-order chi connectivity index (χ1) is 11.2. The molecule has 25 heavy (non-hydrogen) atoms. The summed E-state index contributed by atoms with van der Waals surface area (Å²) in [6, 6.07) is 10.7. The van der Waals surface area contributed by atoms with Gasteiger partial charge < -0.3 is 15.4 Å². The van der Waals surface area contributed by atoms with E-state index < -0.39 is 0 Å². The molecule has 2 heterocycles. The molecule has 0 aliphatic carbocycles. The Balaban J connectivity index is 0.00000156. The Bertz CT molecular complexity index is 660. The molecule has 1 saturated heterocycles. The number of nitrogens with one attached hydrogen (secondary N) is 2. The normalized spacial score (nSPS) is 16.1. The standard InChI is InChI=1S/C17H18ClN3O2.2ClH/c18-13-3-8-16(20-11-13)23-15-6-4-14(5-7-15)21-17(22)12-2-1-9-19-10-12;;/h3-8,11-12,19H,1-2,9-10H2,(H,21,22);2*1H. The monoisotopic (exact) mass is 403 g/mol. The Labute approximate surface area is 164 Å². The molecule has 3 rings (SSSR count). The fourth-order valence-electron chi connectivity index (χ4n) is 2.47. The molecule has 1 atom stereocenters. The van der Waals surface area contributed by atoms with E-state index in [2.05, 4.69) is 15.6 Å². The largest absolute Gasteiger partial charge is 0.439 e. The van der Waals surface area contributed by atoms with Crippen molar-refractivity contribution in [3.63, 3.8) is 0 Å². The van der Waals surface area contributed by atoms with Crippen molar-refractivity contribution >= 4 is 48.0 Å². The van der Waals surface area contributed by atoms with E-state index in [1.54, 1.807) is 24.3 Å². The van der Waals surface area contributed by atoms with Crippen LogP contribution >= 0.6 is 36.4 Å². The van der Waals surface area contributed by atoms with E-state index in [0.717, 1.165) is 31.6 Å². The van der Waals surface area contributed by atoms with Crippen LogP contribution in [0.25, 0.3) is 0 Å². The van der Waals surface area contributed by atoms with Crippen molar-refractivity contribution in [2.45, 2.75) is 12.8 Å². The number of hydrogen-bond acceptors (Lipinski definition) is 4. The molecule has 1 amide bonds. The molecular formula is C17H20Cl3N3O2. The minimum Gasteiger partial charge on any atom is -0.439 e. The van der Waals surface area contributed by atoms with Crippen LogP contribution in [0.3, 0.4) is 0 Å². The van der Waals surface area contributed by atoms with Gasteiger partial charge in [0.15, 0.2) is 0 Å². The molecule has 2 N–H and O–H groups in total. The first-order valence-corrected chi connectivity index (χ1v) is 7.99. The van der Waals surface area contributed by atoms with Crippen molar-refractivity contribution in [1.29, 1.82) is 0 Å². The molecule has 1 aromatic carbocycles. The molecule has 1 unspecified atom stereocenters. The number of hydrogen-bond donors (Lipinski definition) is 2. The predicted octanol–water partition coefficient (Wildman–Crippen LogP) is 4.31. The first-order valence-electron chi connectivity index (χ1n) is 7.62. The number of nitrogens with zero attached hydrogens (tertiary/aromatic N) is 1. The SMILES string of the molecule is Cl.Cl.O=C(Nc1ccc(Oc2ccc(Cl)cn2)cc1)C1CCCNC1. The smallest absolute Gasteiger partial charge is 0.228 e. The van der Waals surface area contributed by atoms with Crippen LogP contribution < -0.4 is 15.4 Å². The van der Waals surface area contributed by atoms with Crippen molar-refractivity contribution in [2.24, 2.45) is 5.92 Å². The van der Waals surface area contributed by atoms with Crippen molar-refractivity contribution < 1.29 is 9.53 Å². The number of amides is 1. The number of rotatable bonds is 4. The molecule has 8 heteroatoms. The van der Waals surface area contributed by atoms with E-state index in [9.17, 15) is 4.79 Å². The maximum atomic E-state index is 12.2. The predicted molar refractivity (Wildman–Crippen MR) is 104 cm³/mol. The van der Waals surface area contributed by atoms with Crippen LogP contribution in [0.15, 0.2) is 42.6 Å². The van der Waals surface area contributed by atoms with Crippen LogP contribution in [0.1, 0.15) is 12.8 Å². The quantitative estimate of drug-likeness (QED) is 0.797. The molecule has 136 valence electrons. The summed E-state index contributed by atoms with van der Waals surface area (Å²) < 4.78 is 5.62. The molecule has 1 aliphatic rings. The summed E-state index contributed by atoms with van der Waals surface area (Å²) in [5.74, 6) is 1.22. The van der Waals surface area contributed by atoms with Crippen molar-refractivity contribution in [1.82, 2.24) is 10.3 Å². The maximum absolute atomic E-state index is 12.2. The second-order valence-electron chi connectivity index (χ2n) is 5.47. The summed E-state index contributed by atoms with van der Waals surface area (Å²) in [6.07, 6.45) is 3.50. The molecule has 1 fully saturated rings. The first kappa shape index (κ1) is 21.5. The molecule has 0 bridgehead atoms. The Kier molecular flexibility index (Phi) is 9.00. The minimum absolute atomic E-state index is 0. The molecule has 0 radical (unpaired) electrons. The van der Waals surface area contributed by atoms with Gasteiger partial charge in [-0.05, 0) is 49.7 Å². The van der Waals surface area contributed by atoms with Crippen LogP contribution in [0.5, 0.6) is 11.6 Å². The van der Waals surface area contributed by atoms with Crippen LogP contribution in [0, 0.1) is 5.92 Å². The van der Waals surface area contributed by atoms with E-state index in [1.165, 1.54) is 6.20 Å². The van der Waals surface area contributed by atoms with Gasteiger partial charge in [0.05, 0.1) is 10.9 Å². The van der Waals surface area contributed by atoms with E-state index in [-0.39, 0.29) is 36.6 Å². The lowest BCUT2D eigenvalue weighted by atomic mass is 9.99. The number of aromatic nitrogens is 1. The second kappa shape index (κ2) is 10.5. The highest BCUT2D eigenvalue weighted by molar-refractivity contribution is 6.30. The number of anilines is 1. The third kappa shape index (κ3) is 6.36. The summed E-state index contributed by atoms with van der Waals surface area (Å²) in [6.45, 7) is 1.74. The van der Waals surface area contributed by atoms with Crippen LogP contribution in [0.2, 0.25) is 5.02 Å². The second-order valence-corrected chi connectivity index (χ2v) is 5.91. The van der Waals surface area contributed by atoms with E-state index in [0.29, 0.717) is 16.7 Å². The Morgan fingerprint density at radius 3 is 2.56 bits per heavy atom. The lowest BCUT2D eigenvalue weighted by Crippen LogP contribution is -2.37. The Morgan fingerprint density at radius 1 is 1.20 bits per heavy atom. The zero-order valence-electron chi connectivity index (χ0n) is 13.4. The number of carbonyl (C=O) groups is 1. The zero-order valence-corrected chi connectivity index (χ0v) is 15.8. The van der Waals surface area contributed by atoms with Crippen LogP contribution in [-0.2, 0) is 4.79 Å². The van der Waals surface area contributed by atoms with Crippen LogP contribution in [-0.4, -0.2) is 24.0 Å². The fraction of sp³-hybridized carbons (Fsp3) is 0.294. The summed E-state index contributed by atoms with van der Waals surface area (Å²) in [5.41, 5.74) is 0.761.